The van der Waals surface area contributed by atoms with Crippen LogP contribution in [0.25, 0.3) is 0 Å². The van der Waals surface area contributed by atoms with E-state index in [4.69, 9.17) is 8.85 Å². The Morgan fingerprint density at radius 3 is 1.46 bits per heavy atom. The van der Waals surface area contributed by atoms with Gasteiger partial charge in [-0.15, -0.1) is 0 Å². The van der Waals surface area contributed by atoms with Gasteiger partial charge in [-0.25, -0.2) is 0 Å². The van der Waals surface area contributed by atoms with Crippen molar-refractivity contribution in [2.45, 2.75) is 89.5 Å². The van der Waals surface area contributed by atoms with Crippen LogP contribution in [0.15, 0.2) is 54.6 Å². The van der Waals surface area contributed by atoms with Crippen LogP contribution in [0.4, 0.5) is 0 Å². The molecule has 28 heavy (non-hydrogen) atoms. The van der Waals surface area contributed by atoms with E-state index in [1.54, 1.807) is 0 Å². The zero-order chi connectivity index (χ0) is 21.4. The molecule has 0 saturated carbocycles. The molecule has 1 aromatic carbocycles. The van der Waals surface area contributed by atoms with E-state index in [2.05, 4.69) is 122 Å². The lowest BCUT2D eigenvalue weighted by molar-refractivity contribution is -0.0511. The smallest absolute Gasteiger partial charge is 0.196 e. The summed E-state index contributed by atoms with van der Waals surface area (Å²) in [6, 6.07) is 10.6. The number of allylic oxidation sites excluding steroid dienone is 2. The maximum Gasteiger partial charge on any atom is 0.196 e. The van der Waals surface area contributed by atoms with Crippen molar-refractivity contribution in [3.8, 4) is 0 Å². The maximum absolute atomic E-state index is 6.92. The average molecular weight is 417 g/mol. The summed E-state index contributed by atoms with van der Waals surface area (Å²) in [7, 11) is -4.06. The first-order valence-corrected chi connectivity index (χ1v) is 16.2. The van der Waals surface area contributed by atoms with Gasteiger partial charge in [0.25, 0.3) is 0 Å². The molecule has 2 rings (SSSR count). The van der Waals surface area contributed by atoms with E-state index in [9.17, 15) is 0 Å². The largest absolute Gasteiger partial charge is 0.385 e. The number of benzene rings is 1. The average Bonchev–Trinajstić information content (AvgIpc) is 2.53. The third-order valence-electron chi connectivity index (χ3n) is 6.70. The molecule has 0 bridgehead atoms. The summed E-state index contributed by atoms with van der Waals surface area (Å²) in [4.78, 5) is 0. The van der Waals surface area contributed by atoms with Crippen molar-refractivity contribution in [1.29, 1.82) is 0 Å². The quantitative estimate of drug-likeness (QED) is 0.279. The van der Waals surface area contributed by atoms with Crippen molar-refractivity contribution in [3.63, 3.8) is 0 Å². The van der Waals surface area contributed by atoms with Crippen LogP contribution in [0.2, 0.25) is 36.3 Å². The van der Waals surface area contributed by atoms with Gasteiger partial charge in [-0.05, 0) is 54.0 Å². The van der Waals surface area contributed by atoms with Gasteiger partial charge in [0.2, 0.25) is 0 Å². The zero-order valence-corrected chi connectivity index (χ0v) is 21.6. The molecular weight excluding hydrogens is 376 g/mol. The van der Waals surface area contributed by atoms with Gasteiger partial charge in [-0.2, -0.15) is 0 Å². The Balaban J connectivity index is 2.40. The fourth-order valence-electron chi connectivity index (χ4n) is 2.75. The second kappa shape index (κ2) is 7.71. The summed E-state index contributed by atoms with van der Waals surface area (Å²) in [5.41, 5.74) is 1.29. The van der Waals surface area contributed by atoms with E-state index in [0.717, 1.165) is 0 Å². The maximum atomic E-state index is 6.92. The highest BCUT2D eigenvalue weighted by atomic mass is 28.4. The fraction of sp³-hybridized carbons (Fsp3) is 0.583. The minimum atomic E-state index is -2.03. The molecule has 0 amide bonds. The van der Waals surface area contributed by atoms with E-state index < -0.39 is 22.4 Å². The van der Waals surface area contributed by atoms with Crippen LogP contribution in [-0.4, -0.2) is 22.4 Å². The van der Waals surface area contributed by atoms with Crippen molar-refractivity contribution in [1.82, 2.24) is 0 Å². The molecule has 0 atom stereocenters. The number of hydrogen-bond donors (Lipinski definition) is 0. The predicted molar refractivity (Wildman–Crippen MR) is 127 cm³/mol. The van der Waals surface area contributed by atoms with Crippen molar-refractivity contribution in [2.75, 3.05) is 0 Å². The Hall–Kier alpha value is -0.946. The van der Waals surface area contributed by atoms with Crippen LogP contribution < -0.4 is 0 Å². The van der Waals surface area contributed by atoms with Gasteiger partial charge < -0.3 is 8.85 Å². The van der Waals surface area contributed by atoms with Gasteiger partial charge in [0.15, 0.2) is 22.4 Å². The van der Waals surface area contributed by atoms with Crippen molar-refractivity contribution < 1.29 is 8.85 Å². The van der Waals surface area contributed by atoms with Crippen LogP contribution in [0.3, 0.4) is 0 Å². The Morgan fingerprint density at radius 1 is 0.714 bits per heavy atom. The number of hydrogen-bond acceptors (Lipinski definition) is 2. The monoisotopic (exact) mass is 416 g/mol. The third kappa shape index (κ3) is 5.15. The normalized spacial score (nSPS) is 18.5. The lowest BCUT2D eigenvalue weighted by Crippen LogP contribution is -2.55. The molecule has 0 aliphatic heterocycles. The van der Waals surface area contributed by atoms with E-state index in [1.165, 1.54) is 5.56 Å². The summed E-state index contributed by atoms with van der Waals surface area (Å²) in [5.74, 6) is -0.502. The first-order chi connectivity index (χ1) is 12.6. The number of rotatable bonds is 5. The summed E-state index contributed by atoms with van der Waals surface area (Å²) >= 11 is 0. The van der Waals surface area contributed by atoms with Crippen LogP contribution in [-0.2, 0) is 8.85 Å². The van der Waals surface area contributed by atoms with Crippen LogP contribution in [0.5, 0.6) is 0 Å². The molecule has 4 heteroatoms. The van der Waals surface area contributed by atoms with Crippen molar-refractivity contribution >= 4 is 16.6 Å². The Morgan fingerprint density at radius 2 is 1.11 bits per heavy atom. The summed E-state index contributed by atoms with van der Waals surface area (Å²) in [5, 5.41) is 0.240. The van der Waals surface area contributed by atoms with E-state index in [0.29, 0.717) is 0 Å². The fourth-order valence-corrected chi connectivity index (χ4v) is 5.40. The first kappa shape index (κ1) is 23.3. The minimum absolute atomic E-state index is 0.120. The molecule has 0 fully saturated rings. The highest BCUT2D eigenvalue weighted by molar-refractivity contribution is 6.75. The first-order valence-electron chi connectivity index (χ1n) is 10.4. The third-order valence-corrected chi connectivity index (χ3v) is 15.6. The molecular formula is C24H40O2Si2. The molecule has 2 nitrogen and oxygen atoms in total. The van der Waals surface area contributed by atoms with Crippen LogP contribution in [0, 0.1) is 0 Å². The van der Waals surface area contributed by atoms with Crippen LogP contribution in [0.1, 0.15) is 53.0 Å². The molecule has 0 heterocycles. The molecule has 0 unspecified atom stereocenters. The Bertz CT molecular complexity index is 675. The summed E-state index contributed by atoms with van der Waals surface area (Å²) < 4.78 is 13.8. The predicted octanol–water partition coefficient (Wildman–Crippen LogP) is 7.64. The molecule has 0 spiro atoms. The summed E-state index contributed by atoms with van der Waals surface area (Å²) in [6.07, 6.45) is 8.84. The molecule has 1 aliphatic carbocycles. The second-order valence-corrected chi connectivity index (χ2v) is 20.6. The molecule has 1 aromatic rings. The molecule has 1 aliphatic rings. The van der Waals surface area contributed by atoms with Gasteiger partial charge in [0.1, 0.15) is 0 Å². The molecule has 0 N–H and O–H groups in total. The molecule has 0 aromatic heterocycles. The lowest BCUT2D eigenvalue weighted by Gasteiger charge is -2.49. The van der Waals surface area contributed by atoms with Crippen molar-refractivity contribution in [2.24, 2.45) is 0 Å². The van der Waals surface area contributed by atoms with Gasteiger partial charge >= 0.3 is 0 Å². The second-order valence-electron chi connectivity index (χ2n) is 11.1. The van der Waals surface area contributed by atoms with E-state index >= 15 is 0 Å². The lowest BCUT2D eigenvalue weighted by atomic mass is 9.93. The van der Waals surface area contributed by atoms with Gasteiger partial charge in [-0.3, -0.25) is 0 Å². The standard InChI is InChI=1S/C24H40O2Si2/c1-22(2,3)27(7,8)25-24(26-28(9,10)23(4,5)6)18-16-21(17-19-24)20-14-12-11-13-15-20/h11-19,21H,1-10H3. The van der Waals surface area contributed by atoms with Crippen molar-refractivity contribution in [3.05, 3.63) is 60.2 Å². The molecule has 0 saturated heterocycles. The van der Waals surface area contributed by atoms with E-state index in [1.807, 2.05) is 0 Å². The van der Waals surface area contributed by atoms with Gasteiger partial charge in [-0.1, -0.05) is 84.0 Å². The SMILES string of the molecule is CC(C)(C)[Si](C)(C)OC1(O[Si](C)(C)C(C)(C)C)C=CC(c2ccccc2)C=C1. The molecule has 0 radical (unpaired) electrons. The molecule has 156 valence electrons. The topological polar surface area (TPSA) is 18.5 Å². The van der Waals surface area contributed by atoms with Gasteiger partial charge in [0.05, 0.1) is 0 Å². The summed E-state index contributed by atoms with van der Waals surface area (Å²) in [6.45, 7) is 22.9. The van der Waals surface area contributed by atoms with Gasteiger partial charge in [0, 0.05) is 5.92 Å². The van der Waals surface area contributed by atoms with Crippen LogP contribution >= 0.6 is 0 Å². The minimum Gasteiger partial charge on any atom is -0.385 e. The van der Waals surface area contributed by atoms with E-state index in [-0.39, 0.29) is 16.0 Å². The highest BCUT2D eigenvalue weighted by Crippen LogP contribution is 2.45. The Labute approximate surface area is 175 Å². The Kier molecular flexibility index (Phi) is 6.43. The zero-order valence-electron chi connectivity index (χ0n) is 19.6. The highest BCUT2D eigenvalue weighted by Gasteiger charge is 2.49.